The molecule has 0 heterocycles. The second-order valence-corrected chi connectivity index (χ2v) is 6.44. The first-order valence-corrected chi connectivity index (χ1v) is 8.23. The summed E-state index contributed by atoms with van der Waals surface area (Å²) < 4.78 is 0. The molecule has 0 aromatic heterocycles. The van der Waals surface area contributed by atoms with Gasteiger partial charge in [-0.2, -0.15) is 11.8 Å². The first-order chi connectivity index (χ1) is 9.20. The zero-order chi connectivity index (χ0) is 13.7. The lowest BCUT2D eigenvalue weighted by Gasteiger charge is -2.11. The quantitative estimate of drug-likeness (QED) is 0.617. The van der Waals surface area contributed by atoms with E-state index in [0.29, 0.717) is 0 Å². The van der Waals surface area contributed by atoms with Crippen LogP contribution in [0.25, 0.3) is 0 Å². The van der Waals surface area contributed by atoms with E-state index in [2.05, 4.69) is 31.2 Å². The highest BCUT2D eigenvalue weighted by Gasteiger charge is 2.10. The van der Waals surface area contributed by atoms with Crippen molar-refractivity contribution in [2.75, 3.05) is 5.75 Å². The van der Waals surface area contributed by atoms with Crippen LogP contribution < -0.4 is 0 Å². The van der Waals surface area contributed by atoms with Gasteiger partial charge in [0.2, 0.25) is 0 Å². The van der Waals surface area contributed by atoms with Crippen molar-refractivity contribution in [2.45, 2.75) is 18.1 Å². The molecule has 0 saturated heterocycles. The van der Waals surface area contributed by atoms with Crippen molar-refractivity contribution in [1.29, 1.82) is 0 Å². The molecule has 0 aliphatic carbocycles. The lowest BCUT2D eigenvalue weighted by Crippen LogP contribution is -1.93. The van der Waals surface area contributed by atoms with Crippen LogP contribution in [0.5, 0.6) is 0 Å². The zero-order valence-electron chi connectivity index (χ0n) is 10.8. The van der Waals surface area contributed by atoms with Gasteiger partial charge in [0.1, 0.15) is 0 Å². The molecule has 1 unspecified atom stereocenters. The van der Waals surface area contributed by atoms with E-state index < -0.39 is 0 Å². The minimum Gasteiger partial charge on any atom is -0.157 e. The van der Waals surface area contributed by atoms with E-state index in [-0.39, 0.29) is 5.38 Å². The predicted octanol–water partition coefficient (Wildman–Crippen LogP) is 5.92. The van der Waals surface area contributed by atoms with Crippen LogP contribution in [-0.2, 0) is 5.75 Å². The standard InChI is InChI=1S/C16H16Cl2S/c1-2-19-11-12-3-5-13(6-4-12)16(18)14-7-9-15(17)10-8-14/h3-10,16H,2,11H2,1H3. The summed E-state index contributed by atoms with van der Waals surface area (Å²) in [6, 6.07) is 16.2. The van der Waals surface area contributed by atoms with Gasteiger partial charge in [-0.1, -0.05) is 54.9 Å². The Morgan fingerprint density at radius 1 is 0.947 bits per heavy atom. The van der Waals surface area contributed by atoms with Gasteiger partial charge < -0.3 is 0 Å². The average Bonchev–Trinajstić information content (AvgIpc) is 2.46. The number of thioether (sulfide) groups is 1. The summed E-state index contributed by atoms with van der Waals surface area (Å²) in [6.45, 7) is 2.17. The van der Waals surface area contributed by atoms with Crippen molar-refractivity contribution in [3.63, 3.8) is 0 Å². The summed E-state index contributed by atoms with van der Waals surface area (Å²) in [5.74, 6) is 2.20. The monoisotopic (exact) mass is 310 g/mol. The first-order valence-electron chi connectivity index (χ1n) is 6.27. The van der Waals surface area contributed by atoms with Crippen molar-refractivity contribution < 1.29 is 0 Å². The van der Waals surface area contributed by atoms with Crippen molar-refractivity contribution >= 4 is 35.0 Å². The maximum atomic E-state index is 6.49. The third-order valence-corrected chi connectivity index (χ3v) is 4.61. The van der Waals surface area contributed by atoms with Gasteiger partial charge in [0, 0.05) is 10.8 Å². The van der Waals surface area contributed by atoms with E-state index in [1.165, 1.54) is 5.56 Å². The largest absolute Gasteiger partial charge is 0.157 e. The molecule has 2 aromatic carbocycles. The molecule has 0 amide bonds. The van der Waals surface area contributed by atoms with Gasteiger partial charge in [0.15, 0.2) is 0 Å². The summed E-state index contributed by atoms with van der Waals surface area (Å²) >= 11 is 14.3. The minimum absolute atomic E-state index is 0.120. The van der Waals surface area contributed by atoms with Crippen LogP contribution >= 0.6 is 35.0 Å². The molecule has 19 heavy (non-hydrogen) atoms. The zero-order valence-corrected chi connectivity index (χ0v) is 13.1. The summed E-state index contributed by atoms with van der Waals surface area (Å²) in [5, 5.41) is 0.615. The first kappa shape index (κ1) is 14.8. The summed E-state index contributed by atoms with van der Waals surface area (Å²) in [4.78, 5) is 0. The SMILES string of the molecule is CCSCc1ccc(C(Cl)c2ccc(Cl)cc2)cc1. The Kier molecular flexibility index (Phi) is 5.62. The number of halogens is 2. The molecule has 0 fully saturated rings. The number of hydrogen-bond acceptors (Lipinski definition) is 1. The van der Waals surface area contributed by atoms with Crippen LogP contribution in [0.4, 0.5) is 0 Å². The summed E-state index contributed by atoms with van der Waals surface area (Å²) in [6.07, 6.45) is 0. The Labute approximate surface area is 129 Å². The highest BCUT2D eigenvalue weighted by atomic mass is 35.5. The van der Waals surface area contributed by atoms with Crippen LogP contribution in [0.1, 0.15) is 29.0 Å². The van der Waals surface area contributed by atoms with Crippen molar-refractivity contribution in [1.82, 2.24) is 0 Å². The molecule has 2 rings (SSSR count). The number of hydrogen-bond donors (Lipinski definition) is 0. The van der Waals surface area contributed by atoms with Crippen molar-refractivity contribution in [2.24, 2.45) is 0 Å². The second kappa shape index (κ2) is 7.23. The predicted molar refractivity (Wildman–Crippen MR) is 87.4 cm³/mol. The molecule has 100 valence electrons. The Morgan fingerprint density at radius 3 is 2.00 bits per heavy atom. The maximum Gasteiger partial charge on any atom is 0.0835 e. The smallest absolute Gasteiger partial charge is 0.0835 e. The number of rotatable bonds is 5. The molecule has 0 aliphatic rings. The molecule has 0 saturated carbocycles. The van der Waals surface area contributed by atoms with Gasteiger partial charge in [-0.05, 0) is 34.6 Å². The highest BCUT2D eigenvalue weighted by molar-refractivity contribution is 7.98. The van der Waals surface area contributed by atoms with E-state index in [0.717, 1.165) is 27.7 Å². The van der Waals surface area contributed by atoms with Gasteiger partial charge in [0.05, 0.1) is 5.38 Å². The molecule has 1 atom stereocenters. The van der Waals surface area contributed by atoms with Gasteiger partial charge in [-0.25, -0.2) is 0 Å². The van der Waals surface area contributed by atoms with Crippen LogP contribution in [0.15, 0.2) is 48.5 Å². The van der Waals surface area contributed by atoms with E-state index in [9.17, 15) is 0 Å². The Bertz CT molecular complexity index is 505. The Morgan fingerprint density at radius 2 is 1.47 bits per heavy atom. The lowest BCUT2D eigenvalue weighted by atomic mass is 10.0. The number of benzene rings is 2. The van der Waals surface area contributed by atoms with Crippen LogP contribution in [0.3, 0.4) is 0 Å². The van der Waals surface area contributed by atoms with Gasteiger partial charge >= 0.3 is 0 Å². The van der Waals surface area contributed by atoms with Gasteiger partial charge in [0.25, 0.3) is 0 Å². The average molecular weight is 311 g/mol. The van der Waals surface area contributed by atoms with E-state index in [1.807, 2.05) is 36.0 Å². The van der Waals surface area contributed by atoms with E-state index in [4.69, 9.17) is 23.2 Å². The second-order valence-electron chi connectivity index (χ2n) is 4.29. The Hall–Kier alpha value is -0.630. The fourth-order valence-electron chi connectivity index (χ4n) is 1.83. The van der Waals surface area contributed by atoms with Crippen molar-refractivity contribution in [3.8, 4) is 0 Å². The van der Waals surface area contributed by atoms with Crippen molar-refractivity contribution in [3.05, 3.63) is 70.2 Å². The normalized spacial score (nSPS) is 12.4. The molecular formula is C16H16Cl2S. The molecule has 2 aromatic rings. The fourth-order valence-corrected chi connectivity index (χ4v) is 2.88. The molecule has 0 radical (unpaired) electrons. The van der Waals surface area contributed by atoms with Crippen LogP contribution in [-0.4, -0.2) is 5.75 Å². The molecule has 0 bridgehead atoms. The molecular weight excluding hydrogens is 295 g/mol. The van der Waals surface area contributed by atoms with Crippen LogP contribution in [0, 0.1) is 0 Å². The minimum atomic E-state index is -0.120. The van der Waals surface area contributed by atoms with E-state index in [1.54, 1.807) is 0 Å². The summed E-state index contributed by atoms with van der Waals surface area (Å²) in [7, 11) is 0. The third kappa shape index (κ3) is 4.17. The summed E-state index contributed by atoms with van der Waals surface area (Å²) in [5.41, 5.74) is 3.53. The number of alkyl halides is 1. The van der Waals surface area contributed by atoms with Gasteiger partial charge in [-0.15, -0.1) is 11.6 Å². The van der Waals surface area contributed by atoms with Gasteiger partial charge in [-0.3, -0.25) is 0 Å². The molecule has 0 spiro atoms. The topological polar surface area (TPSA) is 0 Å². The third-order valence-electron chi connectivity index (χ3n) is 2.91. The molecule has 0 N–H and O–H groups in total. The van der Waals surface area contributed by atoms with Crippen LogP contribution in [0.2, 0.25) is 5.02 Å². The Balaban J connectivity index is 2.10. The molecule has 0 aliphatic heterocycles. The molecule has 0 nitrogen and oxygen atoms in total. The highest BCUT2D eigenvalue weighted by Crippen LogP contribution is 2.30. The fraction of sp³-hybridized carbons (Fsp3) is 0.250. The van der Waals surface area contributed by atoms with E-state index >= 15 is 0 Å². The lowest BCUT2D eigenvalue weighted by molar-refractivity contribution is 1.13. The maximum absolute atomic E-state index is 6.49. The molecule has 3 heteroatoms.